The molecule has 3 nitrogen and oxygen atoms in total. The molecule has 4 heteroatoms. The fourth-order valence-corrected chi connectivity index (χ4v) is 1.92. The molecule has 0 spiro atoms. The van der Waals surface area contributed by atoms with Crippen LogP contribution in [0.4, 0.5) is 4.39 Å². The fourth-order valence-electron chi connectivity index (χ4n) is 1.92. The summed E-state index contributed by atoms with van der Waals surface area (Å²) in [4.78, 5) is 12.6. The van der Waals surface area contributed by atoms with E-state index in [0.717, 1.165) is 5.56 Å². The van der Waals surface area contributed by atoms with Crippen molar-refractivity contribution >= 4 is 5.97 Å². The van der Waals surface area contributed by atoms with Gasteiger partial charge in [0.1, 0.15) is 5.82 Å². The summed E-state index contributed by atoms with van der Waals surface area (Å²) in [5.41, 5.74) is 1.66. The zero-order valence-corrected chi connectivity index (χ0v) is 9.11. The van der Waals surface area contributed by atoms with E-state index in [2.05, 4.69) is 0 Å². The van der Waals surface area contributed by atoms with Crippen LogP contribution in [-0.4, -0.2) is 29.1 Å². The van der Waals surface area contributed by atoms with Gasteiger partial charge in [-0.05, 0) is 24.1 Å². The van der Waals surface area contributed by atoms with Gasteiger partial charge in [-0.1, -0.05) is 12.1 Å². The first-order chi connectivity index (χ1) is 7.56. The minimum atomic E-state index is -0.730. The smallest absolute Gasteiger partial charge is 0.309 e. The summed E-state index contributed by atoms with van der Waals surface area (Å²) in [6.07, 6.45) is 0. The zero-order chi connectivity index (χ0) is 11.7. The molecule has 0 radical (unpaired) electrons. The van der Waals surface area contributed by atoms with Crippen molar-refractivity contribution < 1.29 is 14.3 Å². The lowest BCUT2D eigenvalue weighted by Crippen LogP contribution is -2.49. The van der Waals surface area contributed by atoms with Gasteiger partial charge in [0.05, 0.1) is 5.92 Å². The second-order valence-electron chi connectivity index (χ2n) is 4.31. The number of rotatable bonds is 3. The fraction of sp³-hybridized carbons (Fsp3) is 0.417. The van der Waals surface area contributed by atoms with Gasteiger partial charge in [-0.25, -0.2) is 4.39 Å². The van der Waals surface area contributed by atoms with E-state index in [1.165, 1.54) is 6.07 Å². The first kappa shape index (κ1) is 11.1. The van der Waals surface area contributed by atoms with E-state index in [-0.39, 0.29) is 11.7 Å². The SMILES string of the molecule is Cc1cc(CN2CC(C(=O)O)C2)ccc1F. The van der Waals surface area contributed by atoms with Crippen LogP contribution in [0.15, 0.2) is 18.2 Å². The van der Waals surface area contributed by atoms with E-state index in [1.54, 1.807) is 13.0 Å². The largest absolute Gasteiger partial charge is 0.481 e. The first-order valence-electron chi connectivity index (χ1n) is 5.26. The lowest BCUT2D eigenvalue weighted by molar-refractivity contribution is -0.147. The molecule has 0 aliphatic carbocycles. The molecule has 0 atom stereocenters. The zero-order valence-electron chi connectivity index (χ0n) is 9.11. The lowest BCUT2D eigenvalue weighted by atomic mass is 9.99. The van der Waals surface area contributed by atoms with Crippen LogP contribution >= 0.6 is 0 Å². The molecule has 1 fully saturated rings. The Bertz CT molecular complexity index is 413. The lowest BCUT2D eigenvalue weighted by Gasteiger charge is -2.36. The van der Waals surface area contributed by atoms with Crippen molar-refractivity contribution in [2.24, 2.45) is 5.92 Å². The highest BCUT2D eigenvalue weighted by molar-refractivity contribution is 5.71. The van der Waals surface area contributed by atoms with Gasteiger partial charge in [-0.15, -0.1) is 0 Å². The third kappa shape index (κ3) is 2.22. The Morgan fingerprint density at radius 3 is 2.81 bits per heavy atom. The molecular weight excluding hydrogens is 209 g/mol. The Morgan fingerprint density at radius 2 is 2.25 bits per heavy atom. The second kappa shape index (κ2) is 4.22. The summed E-state index contributed by atoms with van der Waals surface area (Å²) in [5, 5.41) is 8.72. The van der Waals surface area contributed by atoms with Crippen LogP contribution in [0, 0.1) is 18.7 Å². The average Bonchev–Trinajstić information content (AvgIpc) is 2.15. The Morgan fingerprint density at radius 1 is 1.56 bits per heavy atom. The molecule has 2 rings (SSSR count). The van der Waals surface area contributed by atoms with E-state index in [9.17, 15) is 9.18 Å². The summed E-state index contributed by atoms with van der Waals surface area (Å²) in [6, 6.07) is 5.01. The molecule has 1 aromatic carbocycles. The second-order valence-corrected chi connectivity index (χ2v) is 4.31. The number of halogens is 1. The minimum Gasteiger partial charge on any atom is -0.481 e. The standard InChI is InChI=1S/C12H14FNO2/c1-8-4-9(2-3-11(8)13)5-14-6-10(7-14)12(15)16/h2-4,10H,5-7H2,1H3,(H,15,16). The van der Waals surface area contributed by atoms with Gasteiger partial charge >= 0.3 is 5.97 Å². The maximum absolute atomic E-state index is 13.0. The third-order valence-electron chi connectivity index (χ3n) is 2.93. The molecule has 1 aliphatic heterocycles. The molecule has 1 saturated heterocycles. The van der Waals surface area contributed by atoms with Crippen molar-refractivity contribution in [3.05, 3.63) is 35.1 Å². The number of carboxylic acids is 1. The Kier molecular flexibility index (Phi) is 2.92. The van der Waals surface area contributed by atoms with Crippen molar-refractivity contribution in [1.82, 2.24) is 4.90 Å². The van der Waals surface area contributed by atoms with E-state index in [1.807, 2.05) is 11.0 Å². The molecule has 1 aromatic rings. The molecule has 1 heterocycles. The number of nitrogens with zero attached hydrogens (tertiary/aromatic N) is 1. The van der Waals surface area contributed by atoms with Crippen LogP contribution in [0.3, 0.4) is 0 Å². The molecule has 86 valence electrons. The van der Waals surface area contributed by atoms with Crippen LogP contribution < -0.4 is 0 Å². The van der Waals surface area contributed by atoms with Crippen LogP contribution in [0.25, 0.3) is 0 Å². The minimum absolute atomic E-state index is 0.198. The molecule has 0 bridgehead atoms. The average molecular weight is 223 g/mol. The van der Waals surface area contributed by atoms with Crippen molar-refractivity contribution in [3.63, 3.8) is 0 Å². The van der Waals surface area contributed by atoms with Crippen molar-refractivity contribution in [2.45, 2.75) is 13.5 Å². The number of likely N-dealkylation sites (tertiary alicyclic amines) is 1. The van der Waals surface area contributed by atoms with Crippen molar-refractivity contribution in [2.75, 3.05) is 13.1 Å². The number of aryl methyl sites for hydroxylation is 1. The third-order valence-corrected chi connectivity index (χ3v) is 2.93. The Hall–Kier alpha value is -1.42. The highest BCUT2D eigenvalue weighted by Crippen LogP contribution is 2.19. The molecule has 0 aromatic heterocycles. The van der Waals surface area contributed by atoms with Crippen LogP contribution in [-0.2, 0) is 11.3 Å². The predicted octanol–water partition coefficient (Wildman–Crippen LogP) is 1.65. The number of aliphatic carboxylic acids is 1. The number of carbonyl (C=O) groups is 1. The highest BCUT2D eigenvalue weighted by atomic mass is 19.1. The van der Waals surface area contributed by atoms with Gasteiger partial charge in [0.15, 0.2) is 0 Å². The van der Waals surface area contributed by atoms with Gasteiger partial charge < -0.3 is 5.11 Å². The predicted molar refractivity (Wildman–Crippen MR) is 57.5 cm³/mol. The Balaban J connectivity index is 1.91. The Labute approximate surface area is 93.5 Å². The number of benzene rings is 1. The molecular formula is C12H14FNO2. The van der Waals surface area contributed by atoms with Crippen LogP contribution in [0.5, 0.6) is 0 Å². The molecule has 1 N–H and O–H groups in total. The van der Waals surface area contributed by atoms with Gasteiger partial charge in [0, 0.05) is 19.6 Å². The molecule has 0 amide bonds. The van der Waals surface area contributed by atoms with E-state index in [4.69, 9.17) is 5.11 Å². The number of carboxylic acid groups (broad SMARTS) is 1. The maximum atomic E-state index is 13.0. The number of hydrogen-bond donors (Lipinski definition) is 1. The van der Waals surface area contributed by atoms with Gasteiger partial charge in [0.2, 0.25) is 0 Å². The molecule has 16 heavy (non-hydrogen) atoms. The van der Waals surface area contributed by atoms with Crippen molar-refractivity contribution in [1.29, 1.82) is 0 Å². The van der Waals surface area contributed by atoms with Gasteiger partial charge in [-0.3, -0.25) is 9.69 Å². The van der Waals surface area contributed by atoms with E-state index in [0.29, 0.717) is 25.2 Å². The van der Waals surface area contributed by atoms with Crippen LogP contribution in [0.1, 0.15) is 11.1 Å². The highest BCUT2D eigenvalue weighted by Gasteiger charge is 2.32. The molecule has 0 unspecified atom stereocenters. The normalized spacial score (nSPS) is 17.1. The molecule has 0 saturated carbocycles. The van der Waals surface area contributed by atoms with E-state index < -0.39 is 5.97 Å². The van der Waals surface area contributed by atoms with Gasteiger partial charge in [-0.2, -0.15) is 0 Å². The summed E-state index contributed by atoms with van der Waals surface area (Å²) < 4.78 is 13.0. The topological polar surface area (TPSA) is 40.5 Å². The first-order valence-corrected chi connectivity index (χ1v) is 5.26. The maximum Gasteiger partial charge on any atom is 0.309 e. The van der Waals surface area contributed by atoms with E-state index >= 15 is 0 Å². The van der Waals surface area contributed by atoms with Crippen molar-refractivity contribution in [3.8, 4) is 0 Å². The summed E-state index contributed by atoms with van der Waals surface area (Å²) >= 11 is 0. The monoisotopic (exact) mass is 223 g/mol. The quantitative estimate of drug-likeness (QED) is 0.847. The van der Waals surface area contributed by atoms with Gasteiger partial charge in [0.25, 0.3) is 0 Å². The summed E-state index contributed by atoms with van der Waals surface area (Å²) in [7, 11) is 0. The summed E-state index contributed by atoms with van der Waals surface area (Å²) in [6.45, 7) is 3.61. The van der Waals surface area contributed by atoms with Crippen LogP contribution in [0.2, 0.25) is 0 Å². The number of hydrogen-bond acceptors (Lipinski definition) is 2. The molecule has 1 aliphatic rings. The summed E-state index contributed by atoms with van der Waals surface area (Å²) in [5.74, 6) is -1.16.